The Labute approximate surface area is 84.7 Å². The monoisotopic (exact) mass is 194 g/mol. The van der Waals surface area contributed by atoms with E-state index in [0.717, 1.165) is 30.4 Å². The minimum Gasteiger partial charge on any atom is -0.446 e. The Morgan fingerprint density at radius 1 is 1.43 bits per heavy atom. The average molecular weight is 194 g/mol. The molecule has 1 aliphatic carbocycles. The number of aromatic nitrogens is 1. The molecule has 1 saturated carbocycles. The highest BCUT2D eigenvalue weighted by Crippen LogP contribution is 2.28. The summed E-state index contributed by atoms with van der Waals surface area (Å²) < 4.78 is 5.59. The molecule has 3 heteroatoms. The predicted molar refractivity (Wildman–Crippen MR) is 54.9 cm³/mol. The van der Waals surface area contributed by atoms with Crippen molar-refractivity contribution in [2.24, 2.45) is 11.7 Å². The molecular formula is C11H18N2O. The van der Waals surface area contributed by atoms with Crippen LogP contribution in [0.2, 0.25) is 0 Å². The summed E-state index contributed by atoms with van der Waals surface area (Å²) in [6, 6.07) is 0. The van der Waals surface area contributed by atoms with Crippen LogP contribution in [0.15, 0.2) is 10.6 Å². The summed E-state index contributed by atoms with van der Waals surface area (Å²) in [5, 5.41) is 0. The largest absolute Gasteiger partial charge is 0.446 e. The molecule has 0 spiro atoms. The van der Waals surface area contributed by atoms with Crippen LogP contribution in [0.1, 0.15) is 37.3 Å². The zero-order valence-electron chi connectivity index (χ0n) is 8.54. The number of hydrogen-bond acceptors (Lipinski definition) is 3. The van der Waals surface area contributed by atoms with Crippen LogP contribution in [-0.2, 0) is 12.8 Å². The van der Waals surface area contributed by atoms with Crippen molar-refractivity contribution in [1.29, 1.82) is 0 Å². The minimum atomic E-state index is 0.614. The highest BCUT2D eigenvalue weighted by Gasteiger charge is 2.17. The molecule has 3 nitrogen and oxygen atoms in total. The van der Waals surface area contributed by atoms with Gasteiger partial charge in [-0.25, -0.2) is 4.98 Å². The standard InChI is InChI=1S/C11H18N2O/c12-6-5-11-13-8-10(14-11)7-9-3-1-2-4-9/h8-9H,1-7,12H2. The molecule has 0 aromatic carbocycles. The molecule has 1 aromatic heterocycles. The first-order chi connectivity index (χ1) is 6.88. The molecule has 0 saturated heterocycles. The van der Waals surface area contributed by atoms with Gasteiger partial charge in [-0.05, 0) is 5.92 Å². The van der Waals surface area contributed by atoms with E-state index in [1.807, 2.05) is 6.20 Å². The minimum absolute atomic E-state index is 0.614. The fraction of sp³-hybridized carbons (Fsp3) is 0.727. The summed E-state index contributed by atoms with van der Waals surface area (Å²) in [7, 11) is 0. The van der Waals surface area contributed by atoms with E-state index >= 15 is 0 Å². The van der Waals surface area contributed by atoms with Gasteiger partial charge in [0.1, 0.15) is 5.76 Å². The fourth-order valence-corrected chi connectivity index (χ4v) is 2.18. The zero-order valence-corrected chi connectivity index (χ0v) is 8.54. The van der Waals surface area contributed by atoms with Crippen molar-refractivity contribution in [3.8, 4) is 0 Å². The van der Waals surface area contributed by atoms with Gasteiger partial charge < -0.3 is 10.2 Å². The van der Waals surface area contributed by atoms with Gasteiger partial charge in [-0.1, -0.05) is 25.7 Å². The summed E-state index contributed by atoms with van der Waals surface area (Å²) in [6.45, 7) is 0.614. The van der Waals surface area contributed by atoms with Gasteiger partial charge in [0.15, 0.2) is 5.89 Å². The van der Waals surface area contributed by atoms with Crippen molar-refractivity contribution in [2.45, 2.75) is 38.5 Å². The summed E-state index contributed by atoms with van der Waals surface area (Å²) in [5.74, 6) is 2.66. The van der Waals surface area contributed by atoms with E-state index < -0.39 is 0 Å². The lowest BCUT2D eigenvalue weighted by molar-refractivity contribution is 0.415. The average Bonchev–Trinajstić information content (AvgIpc) is 2.79. The maximum atomic E-state index is 5.59. The summed E-state index contributed by atoms with van der Waals surface area (Å²) >= 11 is 0. The Kier molecular flexibility index (Phi) is 3.19. The third kappa shape index (κ3) is 2.35. The topological polar surface area (TPSA) is 52.0 Å². The molecule has 1 heterocycles. The lowest BCUT2D eigenvalue weighted by atomic mass is 10.0. The van der Waals surface area contributed by atoms with E-state index in [1.165, 1.54) is 25.7 Å². The number of nitrogens with zero attached hydrogens (tertiary/aromatic N) is 1. The first-order valence-electron chi connectivity index (χ1n) is 5.52. The van der Waals surface area contributed by atoms with Crippen molar-refractivity contribution in [1.82, 2.24) is 4.98 Å². The van der Waals surface area contributed by atoms with Crippen LogP contribution in [-0.4, -0.2) is 11.5 Å². The molecule has 14 heavy (non-hydrogen) atoms. The normalized spacial score (nSPS) is 17.8. The molecule has 0 bridgehead atoms. The molecule has 1 fully saturated rings. The summed E-state index contributed by atoms with van der Waals surface area (Å²) in [5.41, 5.74) is 5.43. The summed E-state index contributed by atoms with van der Waals surface area (Å²) in [6.07, 6.45) is 9.16. The Morgan fingerprint density at radius 3 is 2.93 bits per heavy atom. The molecule has 0 atom stereocenters. The maximum Gasteiger partial charge on any atom is 0.195 e. The third-order valence-corrected chi connectivity index (χ3v) is 2.92. The van der Waals surface area contributed by atoms with E-state index in [2.05, 4.69) is 4.98 Å². The molecular weight excluding hydrogens is 176 g/mol. The highest BCUT2D eigenvalue weighted by atomic mass is 16.4. The molecule has 2 rings (SSSR count). The van der Waals surface area contributed by atoms with Crippen LogP contribution >= 0.6 is 0 Å². The van der Waals surface area contributed by atoms with Crippen molar-refractivity contribution in [3.05, 3.63) is 17.8 Å². The van der Waals surface area contributed by atoms with Crippen LogP contribution in [0.3, 0.4) is 0 Å². The molecule has 0 radical (unpaired) electrons. The molecule has 0 unspecified atom stereocenters. The number of nitrogens with two attached hydrogens (primary N) is 1. The molecule has 1 aliphatic rings. The first-order valence-corrected chi connectivity index (χ1v) is 5.52. The predicted octanol–water partition coefficient (Wildman–Crippen LogP) is 1.91. The first kappa shape index (κ1) is 9.71. The molecule has 1 aromatic rings. The Hall–Kier alpha value is -0.830. The van der Waals surface area contributed by atoms with Crippen LogP contribution in [0.25, 0.3) is 0 Å². The van der Waals surface area contributed by atoms with E-state index in [1.54, 1.807) is 0 Å². The van der Waals surface area contributed by atoms with Crippen LogP contribution in [0.4, 0.5) is 0 Å². The number of rotatable bonds is 4. The van der Waals surface area contributed by atoms with Gasteiger partial charge in [-0.2, -0.15) is 0 Å². The van der Waals surface area contributed by atoms with E-state index in [4.69, 9.17) is 10.2 Å². The van der Waals surface area contributed by atoms with Gasteiger partial charge in [0.25, 0.3) is 0 Å². The van der Waals surface area contributed by atoms with Crippen LogP contribution in [0.5, 0.6) is 0 Å². The van der Waals surface area contributed by atoms with Gasteiger partial charge in [-0.3, -0.25) is 0 Å². The SMILES string of the molecule is NCCc1ncc(CC2CCCC2)o1. The van der Waals surface area contributed by atoms with E-state index in [-0.39, 0.29) is 0 Å². The number of hydrogen-bond donors (Lipinski definition) is 1. The lowest BCUT2D eigenvalue weighted by Crippen LogP contribution is -2.02. The second-order valence-electron chi connectivity index (χ2n) is 4.11. The van der Waals surface area contributed by atoms with Crippen LogP contribution in [0, 0.1) is 5.92 Å². The number of oxazole rings is 1. The Morgan fingerprint density at radius 2 is 2.21 bits per heavy atom. The third-order valence-electron chi connectivity index (χ3n) is 2.92. The smallest absolute Gasteiger partial charge is 0.195 e. The van der Waals surface area contributed by atoms with Crippen molar-refractivity contribution >= 4 is 0 Å². The zero-order chi connectivity index (χ0) is 9.80. The molecule has 0 aliphatic heterocycles. The lowest BCUT2D eigenvalue weighted by Gasteiger charge is -2.04. The van der Waals surface area contributed by atoms with Gasteiger partial charge in [0, 0.05) is 19.4 Å². The Balaban J connectivity index is 1.88. The van der Waals surface area contributed by atoms with Gasteiger partial charge in [0.2, 0.25) is 0 Å². The molecule has 78 valence electrons. The van der Waals surface area contributed by atoms with Gasteiger partial charge in [0.05, 0.1) is 6.20 Å². The van der Waals surface area contributed by atoms with E-state index in [9.17, 15) is 0 Å². The second kappa shape index (κ2) is 4.60. The molecule has 0 amide bonds. The van der Waals surface area contributed by atoms with Gasteiger partial charge >= 0.3 is 0 Å². The second-order valence-corrected chi connectivity index (χ2v) is 4.11. The quantitative estimate of drug-likeness (QED) is 0.796. The molecule has 2 N–H and O–H groups in total. The highest BCUT2D eigenvalue weighted by molar-refractivity contribution is 4.96. The Bertz CT molecular complexity index is 277. The van der Waals surface area contributed by atoms with Crippen molar-refractivity contribution in [3.63, 3.8) is 0 Å². The van der Waals surface area contributed by atoms with Crippen molar-refractivity contribution < 1.29 is 4.42 Å². The maximum absolute atomic E-state index is 5.59. The van der Waals surface area contributed by atoms with E-state index in [0.29, 0.717) is 6.54 Å². The van der Waals surface area contributed by atoms with Gasteiger partial charge in [-0.15, -0.1) is 0 Å². The van der Waals surface area contributed by atoms with Crippen molar-refractivity contribution in [2.75, 3.05) is 6.54 Å². The fourth-order valence-electron chi connectivity index (χ4n) is 2.18. The van der Waals surface area contributed by atoms with Crippen LogP contribution < -0.4 is 5.73 Å². The summed E-state index contributed by atoms with van der Waals surface area (Å²) in [4.78, 5) is 4.20.